The Balaban J connectivity index is 2.20. The van der Waals surface area contributed by atoms with Crippen LogP contribution in [-0.2, 0) is 4.79 Å². The lowest BCUT2D eigenvalue weighted by atomic mass is 10.2. The summed E-state index contributed by atoms with van der Waals surface area (Å²) in [5, 5.41) is 0. The number of nitrogens with zero attached hydrogens (tertiary/aromatic N) is 3. The number of rotatable bonds is 2. The number of H-pyrrole nitrogens is 1. The molecular weight excluding hydrogens is 244 g/mol. The van der Waals surface area contributed by atoms with Gasteiger partial charge in [-0.1, -0.05) is 0 Å². The Bertz CT molecular complexity index is 526. The van der Waals surface area contributed by atoms with Gasteiger partial charge in [-0.25, -0.2) is 4.98 Å². The number of hydrogen-bond acceptors (Lipinski definition) is 4. The zero-order valence-electron chi connectivity index (χ0n) is 11.6. The molecule has 104 valence electrons. The normalized spacial score (nSPS) is 19.3. The van der Waals surface area contributed by atoms with Crippen molar-refractivity contribution in [3.63, 3.8) is 0 Å². The SMILES string of the molecule is Cc1cc(=O)[nH]c([C@@H](C)N2CCCN(C)C(=O)C2)n1. The van der Waals surface area contributed by atoms with E-state index in [1.165, 1.54) is 6.07 Å². The van der Waals surface area contributed by atoms with Crippen molar-refractivity contribution in [2.24, 2.45) is 0 Å². The summed E-state index contributed by atoms with van der Waals surface area (Å²) >= 11 is 0. The molecule has 1 saturated heterocycles. The van der Waals surface area contributed by atoms with Gasteiger partial charge in [0.1, 0.15) is 5.82 Å². The molecule has 0 bridgehead atoms. The van der Waals surface area contributed by atoms with E-state index in [9.17, 15) is 9.59 Å². The van der Waals surface area contributed by atoms with Gasteiger partial charge in [0.05, 0.1) is 12.6 Å². The van der Waals surface area contributed by atoms with Crippen LogP contribution in [0.1, 0.15) is 30.9 Å². The Morgan fingerprint density at radius 2 is 2.11 bits per heavy atom. The first-order valence-corrected chi connectivity index (χ1v) is 6.53. The molecule has 1 aliphatic rings. The van der Waals surface area contributed by atoms with E-state index < -0.39 is 0 Å². The van der Waals surface area contributed by atoms with E-state index in [0.717, 1.165) is 19.5 Å². The predicted molar refractivity (Wildman–Crippen MR) is 71.8 cm³/mol. The van der Waals surface area contributed by atoms with Crippen LogP contribution in [0.4, 0.5) is 0 Å². The molecule has 0 unspecified atom stereocenters. The summed E-state index contributed by atoms with van der Waals surface area (Å²) in [4.78, 5) is 34.3. The summed E-state index contributed by atoms with van der Waals surface area (Å²) in [5.74, 6) is 0.738. The van der Waals surface area contributed by atoms with Crippen LogP contribution < -0.4 is 5.56 Å². The molecule has 0 saturated carbocycles. The molecule has 1 amide bonds. The van der Waals surface area contributed by atoms with Gasteiger partial charge < -0.3 is 9.88 Å². The maximum Gasteiger partial charge on any atom is 0.251 e. The van der Waals surface area contributed by atoms with Gasteiger partial charge in [0.2, 0.25) is 5.91 Å². The van der Waals surface area contributed by atoms with Crippen LogP contribution in [0.5, 0.6) is 0 Å². The van der Waals surface area contributed by atoms with Crippen molar-refractivity contribution >= 4 is 5.91 Å². The molecule has 1 aliphatic heterocycles. The summed E-state index contributed by atoms with van der Waals surface area (Å²) in [7, 11) is 1.82. The third-order valence-corrected chi connectivity index (χ3v) is 3.53. The molecular formula is C13H20N4O2. The second-order valence-electron chi connectivity index (χ2n) is 5.09. The largest absolute Gasteiger partial charge is 0.345 e. The van der Waals surface area contributed by atoms with Gasteiger partial charge in [0.15, 0.2) is 0 Å². The number of aromatic amines is 1. The van der Waals surface area contributed by atoms with Crippen LogP contribution in [0.2, 0.25) is 0 Å². The molecule has 0 aromatic carbocycles. The highest BCUT2D eigenvalue weighted by Crippen LogP contribution is 2.18. The van der Waals surface area contributed by atoms with Crippen molar-refractivity contribution in [2.45, 2.75) is 26.3 Å². The lowest BCUT2D eigenvalue weighted by Gasteiger charge is -2.26. The first-order chi connectivity index (χ1) is 8.97. The Morgan fingerprint density at radius 1 is 1.37 bits per heavy atom. The molecule has 6 heteroatoms. The molecule has 19 heavy (non-hydrogen) atoms. The molecule has 1 atom stereocenters. The van der Waals surface area contributed by atoms with Crippen molar-refractivity contribution in [1.29, 1.82) is 0 Å². The van der Waals surface area contributed by atoms with Crippen LogP contribution in [0.3, 0.4) is 0 Å². The Morgan fingerprint density at radius 3 is 2.79 bits per heavy atom. The molecule has 2 rings (SSSR count). The third kappa shape index (κ3) is 3.20. The van der Waals surface area contributed by atoms with Crippen LogP contribution in [0.25, 0.3) is 0 Å². The highest BCUT2D eigenvalue weighted by molar-refractivity contribution is 5.78. The lowest BCUT2D eigenvalue weighted by molar-refractivity contribution is -0.130. The van der Waals surface area contributed by atoms with Crippen LogP contribution in [0.15, 0.2) is 10.9 Å². The lowest BCUT2D eigenvalue weighted by Crippen LogP contribution is -2.36. The van der Waals surface area contributed by atoms with Crippen LogP contribution >= 0.6 is 0 Å². The summed E-state index contributed by atoms with van der Waals surface area (Å²) in [6.45, 7) is 5.74. The van der Waals surface area contributed by atoms with E-state index in [1.54, 1.807) is 11.8 Å². The van der Waals surface area contributed by atoms with Gasteiger partial charge >= 0.3 is 0 Å². The van der Waals surface area contributed by atoms with E-state index >= 15 is 0 Å². The summed E-state index contributed by atoms with van der Waals surface area (Å²) < 4.78 is 0. The number of hydrogen-bond donors (Lipinski definition) is 1. The van der Waals surface area contributed by atoms with Crippen molar-refractivity contribution in [1.82, 2.24) is 19.8 Å². The smallest absolute Gasteiger partial charge is 0.251 e. The first-order valence-electron chi connectivity index (χ1n) is 6.53. The molecule has 1 aromatic heterocycles. The van der Waals surface area contributed by atoms with Gasteiger partial charge in [-0.3, -0.25) is 14.5 Å². The van der Waals surface area contributed by atoms with Gasteiger partial charge in [-0.15, -0.1) is 0 Å². The van der Waals surface area contributed by atoms with Gasteiger partial charge in [0, 0.05) is 31.9 Å². The number of carbonyl (C=O) groups excluding carboxylic acids is 1. The maximum atomic E-state index is 11.9. The fourth-order valence-corrected chi connectivity index (χ4v) is 2.31. The molecule has 1 N–H and O–H groups in total. The molecule has 0 aliphatic carbocycles. The highest BCUT2D eigenvalue weighted by atomic mass is 16.2. The number of amides is 1. The van der Waals surface area contributed by atoms with Crippen molar-refractivity contribution in [3.8, 4) is 0 Å². The number of carbonyl (C=O) groups is 1. The quantitative estimate of drug-likeness (QED) is 0.834. The van der Waals surface area contributed by atoms with Gasteiger partial charge in [0.25, 0.3) is 5.56 Å². The topological polar surface area (TPSA) is 69.3 Å². The van der Waals surface area contributed by atoms with Crippen molar-refractivity contribution in [3.05, 3.63) is 27.9 Å². The Hall–Kier alpha value is -1.69. The average molecular weight is 264 g/mol. The van der Waals surface area contributed by atoms with Crippen molar-refractivity contribution < 1.29 is 4.79 Å². The zero-order valence-corrected chi connectivity index (χ0v) is 11.6. The third-order valence-electron chi connectivity index (χ3n) is 3.53. The second-order valence-corrected chi connectivity index (χ2v) is 5.09. The van der Waals surface area contributed by atoms with Gasteiger partial charge in [-0.2, -0.15) is 0 Å². The van der Waals surface area contributed by atoms with E-state index in [4.69, 9.17) is 0 Å². The van der Waals surface area contributed by atoms with Crippen LogP contribution in [-0.4, -0.2) is 52.4 Å². The van der Waals surface area contributed by atoms with E-state index in [1.807, 2.05) is 14.0 Å². The average Bonchev–Trinajstić information content (AvgIpc) is 2.50. The van der Waals surface area contributed by atoms with E-state index in [0.29, 0.717) is 18.1 Å². The van der Waals surface area contributed by atoms with E-state index in [2.05, 4.69) is 14.9 Å². The van der Waals surface area contributed by atoms with Gasteiger partial charge in [-0.05, 0) is 20.3 Å². The number of aromatic nitrogens is 2. The predicted octanol–water partition coefficient (Wildman–Crippen LogP) is 0.303. The number of likely N-dealkylation sites (N-methyl/N-ethyl adjacent to an activating group) is 1. The summed E-state index contributed by atoms with van der Waals surface area (Å²) in [6, 6.07) is 1.40. The fourth-order valence-electron chi connectivity index (χ4n) is 2.31. The number of aryl methyl sites for hydroxylation is 1. The summed E-state index contributed by atoms with van der Waals surface area (Å²) in [6.07, 6.45) is 0.933. The summed E-state index contributed by atoms with van der Waals surface area (Å²) in [5.41, 5.74) is 0.552. The highest BCUT2D eigenvalue weighted by Gasteiger charge is 2.24. The van der Waals surface area contributed by atoms with E-state index in [-0.39, 0.29) is 17.5 Å². The molecule has 2 heterocycles. The molecule has 1 aromatic rings. The Kier molecular flexibility index (Phi) is 3.99. The zero-order chi connectivity index (χ0) is 14.0. The van der Waals surface area contributed by atoms with Crippen LogP contribution in [0, 0.1) is 6.92 Å². The maximum absolute atomic E-state index is 11.9. The molecule has 0 spiro atoms. The van der Waals surface area contributed by atoms with Crippen molar-refractivity contribution in [2.75, 3.05) is 26.7 Å². The Labute approximate surface area is 112 Å². The monoisotopic (exact) mass is 264 g/mol. The molecule has 6 nitrogen and oxygen atoms in total. The number of nitrogens with one attached hydrogen (secondary N) is 1. The minimum Gasteiger partial charge on any atom is -0.345 e. The first kappa shape index (κ1) is 13.7. The standard InChI is InChI=1S/C13H20N4O2/c1-9-7-11(18)15-13(14-9)10(2)17-6-4-5-16(3)12(19)8-17/h7,10H,4-6,8H2,1-3H3,(H,14,15,18)/t10-/m1/s1. The molecule has 0 radical (unpaired) electrons. The second kappa shape index (κ2) is 5.52. The molecule has 1 fully saturated rings. The fraction of sp³-hybridized carbons (Fsp3) is 0.615. The minimum atomic E-state index is -0.146. The minimum absolute atomic E-state index is 0.0666.